The third kappa shape index (κ3) is 6.03. The molecule has 116 valence electrons. The van der Waals surface area contributed by atoms with Crippen LogP contribution in [0.15, 0.2) is 18.2 Å². The molecule has 0 unspecified atom stereocenters. The van der Waals surface area contributed by atoms with E-state index in [9.17, 15) is 9.59 Å². The number of carboxylic acid groups (broad SMARTS) is 1. The van der Waals surface area contributed by atoms with Gasteiger partial charge < -0.3 is 25.2 Å². The van der Waals surface area contributed by atoms with Crippen LogP contribution in [-0.4, -0.2) is 43.9 Å². The van der Waals surface area contributed by atoms with Crippen LogP contribution in [0.3, 0.4) is 0 Å². The Morgan fingerprint density at radius 1 is 1.24 bits per heavy atom. The van der Waals surface area contributed by atoms with E-state index in [-0.39, 0.29) is 0 Å². The number of methoxy groups -OCH3 is 1. The number of amides is 2. The van der Waals surface area contributed by atoms with E-state index in [0.717, 1.165) is 5.56 Å². The topological polar surface area (TPSA) is 96.9 Å². The van der Waals surface area contributed by atoms with Crippen LogP contribution in [-0.2, 0) is 11.2 Å². The van der Waals surface area contributed by atoms with Gasteiger partial charge in [0.15, 0.2) is 11.5 Å². The summed E-state index contributed by atoms with van der Waals surface area (Å²) in [4.78, 5) is 21.6. The summed E-state index contributed by atoms with van der Waals surface area (Å²) < 4.78 is 10.7. The number of benzene rings is 1. The van der Waals surface area contributed by atoms with Crippen molar-refractivity contribution >= 4 is 12.0 Å². The molecular weight excluding hydrogens is 276 g/mol. The maximum absolute atomic E-state index is 11.3. The molecule has 0 fully saturated rings. The Morgan fingerprint density at radius 2 is 2.00 bits per heavy atom. The van der Waals surface area contributed by atoms with Crippen molar-refractivity contribution in [3.05, 3.63) is 23.8 Å². The largest absolute Gasteiger partial charge is 0.493 e. The molecule has 21 heavy (non-hydrogen) atoms. The Balaban J connectivity index is 2.45. The number of carboxylic acids is 1. The molecule has 1 rings (SSSR count). The summed E-state index contributed by atoms with van der Waals surface area (Å²) >= 11 is 0. The highest BCUT2D eigenvalue weighted by Gasteiger charge is 2.06. The summed E-state index contributed by atoms with van der Waals surface area (Å²) in [6.45, 7) is 2.44. The summed E-state index contributed by atoms with van der Waals surface area (Å²) in [6.07, 6.45) is 0.600. The minimum absolute atomic E-state index is 0.391. The van der Waals surface area contributed by atoms with Gasteiger partial charge in [-0.2, -0.15) is 0 Å². The molecular formula is C14H20N2O5. The molecule has 0 heterocycles. The van der Waals surface area contributed by atoms with Crippen molar-refractivity contribution in [1.29, 1.82) is 0 Å². The first-order valence-electron chi connectivity index (χ1n) is 6.60. The predicted octanol–water partition coefficient (Wildman–Crippen LogP) is 1.02. The van der Waals surface area contributed by atoms with Crippen molar-refractivity contribution < 1.29 is 24.2 Å². The fourth-order valence-electron chi connectivity index (χ4n) is 1.68. The Hall–Kier alpha value is -2.44. The maximum Gasteiger partial charge on any atom is 0.323 e. The monoisotopic (exact) mass is 296 g/mol. The average molecular weight is 296 g/mol. The molecule has 0 aliphatic carbocycles. The number of carbonyl (C=O) groups is 2. The highest BCUT2D eigenvalue weighted by atomic mass is 16.5. The van der Waals surface area contributed by atoms with Gasteiger partial charge >= 0.3 is 12.0 Å². The van der Waals surface area contributed by atoms with Crippen molar-refractivity contribution in [3.63, 3.8) is 0 Å². The highest BCUT2D eigenvalue weighted by molar-refractivity contribution is 5.79. The van der Waals surface area contributed by atoms with Gasteiger partial charge in [0.1, 0.15) is 6.54 Å². The van der Waals surface area contributed by atoms with Crippen molar-refractivity contribution in [3.8, 4) is 11.5 Å². The molecule has 0 radical (unpaired) electrons. The zero-order valence-corrected chi connectivity index (χ0v) is 12.1. The third-order valence-electron chi connectivity index (χ3n) is 2.63. The lowest BCUT2D eigenvalue weighted by atomic mass is 10.1. The zero-order valence-electron chi connectivity index (χ0n) is 12.1. The second kappa shape index (κ2) is 8.68. The molecule has 7 heteroatoms. The first-order valence-corrected chi connectivity index (χ1v) is 6.60. The van der Waals surface area contributed by atoms with Gasteiger partial charge in [-0.05, 0) is 31.0 Å². The molecule has 0 aromatic heterocycles. The van der Waals surface area contributed by atoms with Crippen LogP contribution in [0.5, 0.6) is 11.5 Å². The van der Waals surface area contributed by atoms with Gasteiger partial charge in [0.05, 0.1) is 13.7 Å². The number of carbonyl (C=O) groups excluding carboxylic acids is 1. The molecule has 0 spiro atoms. The number of ether oxygens (including phenoxy) is 2. The minimum Gasteiger partial charge on any atom is -0.493 e. The highest BCUT2D eigenvalue weighted by Crippen LogP contribution is 2.28. The Kier molecular flexibility index (Phi) is 6.86. The van der Waals surface area contributed by atoms with Crippen LogP contribution >= 0.6 is 0 Å². The van der Waals surface area contributed by atoms with Crippen molar-refractivity contribution in [2.75, 3.05) is 26.8 Å². The van der Waals surface area contributed by atoms with E-state index in [1.165, 1.54) is 0 Å². The number of hydrogen-bond donors (Lipinski definition) is 3. The Labute approximate surface area is 123 Å². The number of urea groups is 1. The summed E-state index contributed by atoms with van der Waals surface area (Å²) in [5.41, 5.74) is 0.980. The molecule has 0 atom stereocenters. The zero-order chi connectivity index (χ0) is 15.7. The first-order chi connectivity index (χ1) is 10.1. The van der Waals surface area contributed by atoms with Crippen molar-refractivity contribution in [2.45, 2.75) is 13.3 Å². The first kappa shape index (κ1) is 16.6. The van der Waals surface area contributed by atoms with E-state index in [1.807, 2.05) is 25.1 Å². The van der Waals surface area contributed by atoms with Crippen LogP contribution in [0.4, 0.5) is 4.79 Å². The van der Waals surface area contributed by atoms with Crippen LogP contribution in [0.1, 0.15) is 12.5 Å². The quantitative estimate of drug-likeness (QED) is 0.665. The fraction of sp³-hybridized carbons (Fsp3) is 0.429. The molecule has 1 aromatic carbocycles. The molecule has 0 bridgehead atoms. The van der Waals surface area contributed by atoms with Gasteiger partial charge in [0.2, 0.25) is 0 Å². The third-order valence-corrected chi connectivity index (χ3v) is 2.63. The number of aliphatic carboxylic acids is 1. The standard InChI is InChI=1S/C14H20N2O5/c1-3-21-11-5-4-10(8-12(11)20-2)6-7-15-14(19)16-9-13(17)18/h4-5,8H,3,6-7,9H2,1-2H3,(H,17,18)(H2,15,16,19). The number of nitrogens with one attached hydrogen (secondary N) is 2. The molecule has 0 saturated heterocycles. The van der Waals surface area contributed by atoms with Crippen molar-refractivity contribution in [1.82, 2.24) is 10.6 Å². The summed E-state index contributed by atoms with van der Waals surface area (Å²) in [6, 6.07) is 5.06. The van der Waals surface area contributed by atoms with E-state index >= 15 is 0 Å². The van der Waals surface area contributed by atoms with E-state index in [4.69, 9.17) is 14.6 Å². The van der Waals surface area contributed by atoms with Gasteiger partial charge in [0.25, 0.3) is 0 Å². The van der Waals surface area contributed by atoms with Gasteiger partial charge in [-0.1, -0.05) is 6.07 Å². The minimum atomic E-state index is -1.08. The summed E-state index contributed by atoms with van der Waals surface area (Å²) in [7, 11) is 1.57. The molecule has 7 nitrogen and oxygen atoms in total. The molecule has 0 aliphatic rings. The van der Waals surface area contributed by atoms with Gasteiger partial charge in [-0.15, -0.1) is 0 Å². The lowest BCUT2D eigenvalue weighted by Crippen LogP contribution is -2.39. The van der Waals surface area contributed by atoms with E-state index in [0.29, 0.717) is 31.1 Å². The van der Waals surface area contributed by atoms with Crippen LogP contribution in [0.2, 0.25) is 0 Å². The van der Waals surface area contributed by atoms with Gasteiger partial charge in [-0.3, -0.25) is 4.79 Å². The molecule has 1 aromatic rings. The van der Waals surface area contributed by atoms with E-state index in [1.54, 1.807) is 7.11 Å². The average Bonchev–Trinajstić information content (AvgIpc) is 2.46. The molecule has 2 amide bonds. The lowest BCUT2D eigenvalue weighted by molar-refractivity contribution is -0.135. The van der Waals surface area contributed by atoms with E-state index in [2.05, 4.69) is 10.6 Å². The Morgan fingerprint density at radius 3 is 2.62 bits per heavy atom. The maximum atomic E-state index is 11.3. The van der Waals surface area contributed by atoms with Gasteiger partial charge in [-0.25, -0.2) is 4.79 Å². The number of rotatable bonds is 8. The second-order valence-electron chi connectivity index (χ2n) is 4.17. The van der Waals surface area contributed by atoms with Crippen LogP contribution in [0.25, 0.3) is 0 Å². The molecule has 3 N–H and O–H groups in total. The van der Waals surface area contributed by atoms with Crippen LogP contribution < -0.4 is 20.1 Å². The van der Waals surface area contributed by atoms with Crippen molar-refractivity contribution in [2.24, 2.45) is 0 Å². The summed E-state index contributed by atoms with van der Waals surface area (Å²) in [5, 5.41) is 13.2. The smallest absolute Gasteiger partial charge is 0.323 e. The lowest BCUT2D eigenvalue weighted by Gasteiger charge is -2.11. The second-order valence-corrected chi connectivity index (χ2v) is 4.17. The Bertz CT molecular complexity index is 490. The fourth-order valence-corrected chi connectivity index (χ4v) is 1.68. The van der Waals surface area contributed by atoms with Crippen LogP contribution in [0, 0.1) is 0 Å². The normalized spacial score (nSPS) is 9.81. The van der Waals surface area contributed by atoms with Gasteiger partial charge in [0, 0.05) is 6.54 Å². The summed E-state index contributed by atoms with van der Waals surface area (Å²) in [5.74, 6) is 0.238. The molecule has 0 aliphatic heterocycles. The SMILES string of the molecule is CCOc1ccc(CCNC(=O)NCC(=O)O)cc1OC. The number of hydrogen-bond acceptors (Lipinski definition) is 4. The van der Waals surface area contributed by atoms with E-state index < -0.39 is 18.5 Å². The predicted molar refractivity (Wildman–Crippen MR) is 76.9 cm³/mol. The molecule has 0 saturated carbocycles.